The van der Waals surface area contributed by atoms with Gasteiger partial charge in [0.15, 0.2) is 5.82 Å². The summed E-state index contributed by atoms with van der Waals surface area (Å²) >= 11 is 0. The van der Waals surface area contributed by atoms with Crippen LogP contribution in [0.15, 0.2) is 0 Å². The molecular weight excluding hydrogens is 228 g/mol. The van der Waals surface area contributed by atoms with Crippen LogP contribution in [0.3, 0.4) is 0 Å². The van der Waals surface area contributed by atoms with E-state index in [1.54, 1.807) is 0 Å². The van der Waals surface area contributed by atoms with Gasteiger partial charge in [-0.2, -0.15) is 0 Å². The fourth-order valence-electron chi connectivity index (χ4n) is 2.19. The molecular formula is C13H22N4O. The number of nitrogens with one attached hydrogen (secondary N) is 1. The number of nitrogens with zero attached hydrogens (tertiary/aromatic N) is 2. The SMILES string of the molecule is CCOC(c1nc(CC)c(C)c(NN)n1)C1CC1. The molecule has 0 aromatic carbocycles. The lowest BCUT2D eigenvalue weighted by atomic mass is 10.1. The standard InChI is InChI=1S/C13H22N4O/c1-4-10-8(3)12(17-14)16-13(15-10)11(18-5-2)9-6-7-9/h9,11H,4-7,14H2,1-3H3,(H,15,16,17). The third-order valence-electron chi connectivity index (χ3n) is 3.39. The normalized spacial score (nSPS) is 16.7. The Morgan fingerprint density at radius 1 is 1.39 bits per heavy atom. The zero-order chi connectivity index (χ0) is 13.1. The molecule has 1 aliphatic carbocycles. The van der Waals surface area contributed by atoms with Crippen LogP contribution in [-0.4, -0.2) is 16.6 Å². The van der Waals surface area contributed by atoms with Crippen molar-refractivity contribution in [1.29, 1.82) is 0 Å². The van der Waals surface area contributed by atoms with Gasteiger partial charge in [-0.3, -0.25) is 0 Å². The molecule has 1 aromatic heterocycles. The topological polar surface area (TPSA) is 73.1 Å². The zero-order valence-corrected chi connectivity index (χ0v) is 11.4. The van der Waals surface area contributed by atoms with Crippen LogP contribution in [0.5, 0.6) is 0 Å². The molecule has 1 aliphatic rings. The summed E-state index contributed by atoms with van der Waals surface area (Å²) in [6, 6.07) is 0. The summed E-state index contributed by atoms with van der Waals surface area (Å²) in [7, 11) is 0. The van der Waals surface area contributed by atoms with Gasteiger partial charge in [0, 0.05) is 17.9 Å². The Kier molecular flexibility index (Phi) is 4.14. The summed E-state index contributed by atoms with van der Waals surface area (Å²) in [6.45, 7) is 6.77. The highest BCUT2D eigenvalue weighted by Crippen LogP contribution is 2.42. The Morgan fingerprint density at radius 2 is 2.11 bits per heavy atom. The van der Waals surface area contributed by atoms with Crippen LogP contribution in [0.1, 0.15) is 49.9 Å². The third-order valence-corrected chi connectivity index (χ3v) is 3.39. The Balaban J connectivity index is 2.35. The van der Waals surface area contributed by atoms with E-state index < -0.39 is 0 Å². The van der Waals surface area contributed by atoms with Crippen molar-refractivity contribution in [1.82, 2.24) is 9.97 Å². The number of hydrazine groups is 1. The molecule has 0 saturated heterocycles. The number of hydrogen-bond acceptors (Lipinski definition) is 5. The largest absolute Gasteiger partial charge is 0.370 e. The van der Waals surface area contributed by atoms with Crippen LogP contribution in [-0.2, 0) is 11.2 Å². The summed E-state index contributed by atoms with van der Waals surface area (Å²) in [5.41, 5.74) is 4.72. The van der Waals surface area contributed by atoms with Crippen molar-refractivity contribution < 1.29 is 4.74 Å². The lowest BCUT2D eigenvalue weighted by Gasteiger charge is -2.18. The Labute approximate surface area is 108 Å². The van der Waals surface area contributed by atoms with Gasteiger partial charge in [0.25, 0.3) is 0 Å². The van der Waals surface area contributed by atoms with Gasteiger partial charge < -0.3 is 10.2 Å². The minimum atomic E-state index is 0.0213. The highest BCUT2D eigenvalue weighted by atomic mass is 16.5. The second-order valence-corrected chi connectivity index (χ2v) is 4.71. The Bertz CT molecular complexity index is 392. The summed E-state index contributed by atoms with van der Waals surface area (Å²) in [4.78, 5) is 9.16. The van der Waals surface area contributed by atoms with E-state index in [1.807, 2.05) is 13.8 Å². The molecule has 18 heavy (non-hydrogen) atoms. The molecule has 5 nitrogen and oxygen atoms in total. The van der Waals surface area contributed by atoms with Crippen molar-refractivity contribution in [2.75, 3.05) is 12.0 Å². The summed E-state index contributed by atoms with van der Waals surface area (Å²) in [5.74, 6) is 7.58. The van der Waals surface area contributed by atoms with Gasteiger partial charge in [0.1, 0.15) is 11.9 Å². The van der Waals surface area contributed by atoms with E-state index in [2.05, 4.69) is 22.3 Å². The minimum absolute atomic E-state index is 0.0213. The van der Waals surface area contributed by atoms with Gasteiger partial charge in [0.05, 0.1) is 0 Å². The molecule has 1 heterocycles. The first kappa shape index (κ1) is 13.2. The quantitative estimate of drug-likeness (QED) is 0.597. The van der Waals surface area contributed by atoms with E-state index in [0.717, 1.165) is 23.5 Å². The molecule has 0 aliphatic heterocycles. The van der Waals surface area contributed by atoms with E-state index in [-0.39, 0.29) is 6.10 Å². The van der Waals surface area contributed by atoms with Gasteiger partial charge in [-0.1, -0.05) is 6.92 Å². The average Bonchev–Trinajstić information content (AvgIpc) is 3.21. The monoisotopic (exact) mass is 250 g/mol. The highest BCUT2D eigenvalue weighted by molar-refractivity contribution is 5.45. The van der Waals surface area contributed by atoms with Gasteiger partial charge in [-0.25, -0.2) is 15.8 Å². The van der Waals surface area contributed by atoms with E-state index >= 15 is 0 Å². The van der Waals surface area contributed by atoms with Gasteiger partial charge in [-0.15, -0.1) is 0 Å². The number of aryl methyl sites for hydroxylation is 1. The lowest BCUT2D eigenvalue weighted by molar-refractivity contribution is 0.0399. The molecule has 0 radical (unpaired) electrons. The average molecular weight is 250 g/mol. The van der Waals surface area contributed by atoms with Crippen LogP contribution in [0.2, 0.25) is 0 Å². The molecule has 0 amide bonds. The fraction of sp³-hybridized carbons (Fsp3) is 0.692. The van der Waals surface area contributed by atoms with E-state index in [9.17, 15) is 0 Å². The number of hydrogen-bond donors (Lipinski definition) is 2. The second-order valence-electron chi connectivity index (χ2n) is 4.71. The number of nitrogens with two attached hydrogens (primary N) is 1. The van der Waals surface area contributed by atoms with E-state index in [4.69, 9.17) is 10.6 Å². The maximum absolute atomic E-state index is 5.80. The molecule has 1 aromatic rings. The molecule has 1 atom stereocenters. The summed E-state index contributed by atoms with van der Waals surface area (Å²) in [6.07, 6.45) is 3.30. The number of nitrogen functional groups attached to an aromatic ring is 1. The fourth-order valence-corrected chi connectivity index (χ4v) is 2.19. The lowest BCUT2D eigenvalue weighted by Crippen LogP contribution is -2.18. The van der Waals surface area contributed by atoms with E-state index in [0.29, 0.717) is 18.3 Å². The molecule has 100 valence electrons. The van der Waals surface area contributed by atoms with Crippen LogP contribution >= 0.6 is 0 Å². The van der Waals surface area contributed by atoms with Crippen LogP contribution in [0, 0.1) is 12.8 Å². The smallest absolute Gasteiger partial charge is 0.160 e. The van der Waals surface area contributed by atoms with Crippen LogP contribution < -0.4 is 11.3 Å². The Morgan fingerprint density at radius 3 is 2.61 bits per heavy atom. The van der Waals surface area contributed by atoms with Crippen LogP contribution in [0.25, 0.3) is 0 Å². The first-order chi connectivity index (χ1) is 8.71. The van der Waals surface area contributed by atoms with E-state index in [1.165, 1.54) is 12.8 Å². The molecule has 0 spiro atoms. The molecule has 0 bridgehead atoms. The van der Waals surface area contributed by atoms with Crippen molar-refractivity contribution in [3.05, 3.63) is 17.1 Å². The maximum Gasteiger partial charge on any atom is 0.160 e. The van der Waals surface area contributed by atoms with Gasteiger partial charge >= 0.3 is 0 Å². The first-order valence-electron chi connectivity index (χ1n) is 6.66. The second kappa shape index (κ2) is 5.63. The predicted octanol–water partition coefficient (Wildman–Crippen LogP) is 2.12. The van der Waals surface area contributed by atoms with Crippen molar-refractivity contribution >= 4 is 5.82 Å². The summed E-state index contributed by atoms with van der Waals surface area (Å²) < 4.78 is 5.80. The molecule has 1 saturated carbocycles. The zero-order valence-electron chi connectivity index (χ0n) is 11.4. The number of rotatable bonds is 6. The van der Waals surface area contributed by atoms with Crippen molar-refractivity contribution in [3.8, 4) is 0 Å². The number of ether oxygens (including phenoxy) is 1. The summed E-state index contributed by atoms with van der Waals surface area (Å²) in [5, 5.41) is 0. The highest BCUT2D eigenvalue weighted by Gasteiger charge is 2.35. The van der Waals surface area contributed by atoms with Gasteiger partial charge in [0.2, 0.25) is 0 Å². The number of anilines is 1. The molecule has 1 fully saturated rings. The molecule has 1 unspecified atom stereocenters. The predicted molar refractivity (Wildman–Crippen MR) is 71.0 cm³/mol. The van der Waals surface area contributed by atoms with Crippen LogP contribution in [0.4, 0.5) is 5.82 Å². The van der Waals surface area contributed by atoms with Gasteiger partial charge in [-0.05, 0) is 39.0 Å². The maximum atomic E-state index is 5.80. The third kappa shape index (κ3) is 2.62. The van der Waals surface area contributed by atoms with Crippen molar-refractivity contribution in [2.24, 2.45) is 11.8 Å². The number of aromatic nitrogens is 2. The van der Waals surface area contributed by atoms with Crippen molar-refractivity contribution in [2.45, 2.75) is 46.1 Å². The first-order valence-corrected chi connectivity index (χ1v) is 6.66. The molecule has 3 N–H and O–H groups in total. The minimum Gasteiger partial charge on any atom is -0.370 e. The Hall–Kier alpha value is -1.20. The molecule has 5 heteroatoms. The molecule has 2 rings (SSSR count). The van der Waals surface area contributed by atoms with Crippen molar-refractivity contribution in [3.63, 3.8) is 0 Å².